The zero-order valence-electron chi connectivity index (χ0n) is 12.8. The molecule has 0 aliphatic heterocycles. The second-order valence-electron chi connectivity index (χ2n) is 5.09. The first-order valence-electron chi connectivity index (χ1n) is 7.35. The molecule has 0 atom stereocenters. The maximum atomic E-state index is 9.09. The Morgan fingerprint density at radius 1 is 1.09 bits per heavy atom. The van der Waals surface area contributed by atoms with Crippen LogP contribution in [0.25, 0.3) is 5.57 Å². The molecule has 0 spiro atoms. The molecule has 0 unspecified atom stereocenters. The fourth-order valence-electron chi connectivity index (χ4n) is 2.09. The highest BCUT2D eigenvalue weighted by molar-refractivity contribution is 5.83. The molecule has 2 rings (SSSR count). The lowest BCUT2D eigenvalue weighted by Gasteiger charge is -2.07. The largest absolute Gasteiger partial charge is 0.396 e. The fraction of sp³-hybridized carbons (Fsp3) is 0.143. The Morgan fingerprint density at radius 3 is 2.41 bits per heavy atom. The van der Waals surface area contributed by atoms with E-state index in [-0.39, 0.29) is 6.61 Å². The van der Waals surface area contributed by atoms with Gasteiger partial charge in [-0.2, -0.15) is 0 Å². The van der Waals surface area contributed by atoms with Gasteiger partial charge in [-0.1, -0.05) is 72.5 Å². The first-order valence-corrected chi connectivity index (χ1v) is 7.35. The van der Waals surface area contributed by atoms with Gasteiger partial charge in [0.1, 0.15) is 0 Å². The van der Waals surface area contributed by atoms with Gasteiger partial charge in [0.2, 0.25) is 0 Å². The van der Waals surface area contributed by atoms with Gasteiger partial charge >= 0.3 is 0 Å². The Morgan fingerprint density at radius 2 is 1.77 bits per heavy atom. The van der Waals surface area contributed by atoms with Gasteiger partial charge in [-0.05, 0) is 36.6 Å². The lowest BCUT2D eigenvalue weighted by atomic mass is 9.97. The van der Waals surface area contributed by atoms with E-state index in [9.17, 15) is 0 Å². The summed E-state index contributed by atoms with van der Waals surface area (Å²) in [6.45, 7) is 6.28. The first-order chi connectivity index (χ1) is 10.7. The highest BCUT2D eigenvalue weighted by Crippen LogP contribution is 2.22. The van der Waals surface area contributed by atoms with Crippen LogP contribution in [0.2, 0.25) is 0 Å². The number of rotatable bonds is 4. The molecule has 0 saturated carbocycles. The Bertz CT molecular complexity index is 710. The maximum absolute atomic E-state index is 9.09. The van der Waals surface area contributed by atoms with Gasteiger partial charge in [0.25, 0.3) is 0 Å². The monoisotopic (exact) mass is 288 g/mol. The summed E-state index contributed by atoms with van der Waals surface area (Å²) in [7, 11) is 0. The third kappa shape index (κ3) is 4.48. The van der Waals surface area contributed by atoms with Crippen LogP contribution >= 0.6 is 0 Å². The minimum atomic E-state index is 0.120. The minimum Gasteiger partial charge on any atom is -0.396 e. The highest BCUT2D eigenvalue weighted by atomic mass is 16.2. The van der Waals surface area contributed by atoms with Crippen LogP contribution in [0.4, 0.5) is 0 Å². The van der Waals surface area contributed by atoms with Crippen LogP contribution in [0.15, 0.2) is 72.8 Å². The number of benzene rings is 2. The van der Waals surface area contributed by atoms with Crippen molar-refractivity contribution < 1.29 is 5.11 Å². The molecule has 1 N–H and O–H groups in total. The van der Waals surface area contributed by atoms with Gasteiger partial charge in [-0.3, -0.25) is 0 Å². The van der Waals surface area contributed by atoms with Crippen molar-refractivity contribution in [3.63, 3.8) is 0 Å². The molecular formula is C21H20O. The zero-order valence-corrected chi connectivity index (χ0v) is 12.8. The molecule has 110 valence electrons. The molecule has 2 aromatic rings. The molecular weight excluding hydrogens is 268 g/mol. The van der Waals surface area contributed by atoms with E-state index in [1.807, 2.05) is 36.4 Å². The Hall–Kier alpha value is -2.56. The SMILES string of the molecule is C=C(C#Cc1ccccc1)/C(=C\CCO)c1ccc(C)cc1. The van der Waals surface area contributed by atoms with Crippen molar-refractivity contribution in [1.29, 1.82) is 0 Å². The number of aliphatic hydroxyl groups is 1. The highest BCUT2D eigenvalue weighted by Gasteiger charge is 2.04. The van der Waals surface area contributed by atoms with Crippen molar-refractivity contribution >= 4 is 5.57 Å². The predicted molar refractivity (Wildman–Crippen MR) is 93.3 cm³/mol. The van der Waals surface area contributed by atoms with Gasteiger partial charge in [-0.25, -0.2) is 0 Å². The summed E-state index contributed by atoms with van der Waals surface area (Å²) in [6, 6.07) is 18.1. The average molecular weight is 288 g/mol. The summed E-state index contributed by atoms with van der Waals surface area (Å²) in [6.07, 6.45) is 2.59. The van der Waals surface area contributed by atoms with E-state index in [1.54, 1.807) is 0 Å². The van der Waals surface area contributed by atoms with E-state index in [1.165, 1.54) is 5.56 Å². The van der Waals surface area contributed by atoms with Crippen LogP contribution < -0.4 is 0 Å². The molecule has 1 heteroatoms. The van der Waals surface area contributed by atoms with E-state index in [2.05, 4.69) is 49.6 Å². The zero-order chi connectivity index (χ0) is 15.8. The van der Waals surface area contributed by atoms with Crippen molar-refractivity contribution in [1.82, 2.24) is 0 Å². The normalized spacial score (nSPS) is 10.7. The summed E-state index contributed by atoms with van der Waals surface area (Å²) < 4.78 is 0. The molecule has 0 aromatic heterocycles. The Kier molecular flexibility index (Phi) is 5.77. The second kappa shape index (κ2) is 8.02. The molecule has 0 saturated heterocycles. The Balaban J connectivity index is 2.28. The number of aliphatic hydroxyl groups excluding tert-OH is 1. The topological polar surface area (TPSA) is 20.2 Å². The third-order valence-electron chi connectivity index (χ3n) is 3.30. The van der Waals surface area contributed by atoms with E-state index in [0.29, 0.717) is 6.42 Å². The molecule has 0 amide bonds. The lowest BCUT2D eigenvalue weighted by molar-refractivity contribution is 0.303. The smallest absolute Gasteiger partial charge is 0.0465 e. The second-order valence-corrected chi connectivity index (χ2v) is 5.09. The summed E-state index contributed by atoms with van der Waals surface area (Å²) in [5.41, 5.74) is 5.00. The van der Waals surface area contributed by atoms with Gasteiger partial charge < -0.3 is 5.11 Å². The molecule has 0 heterocycles. The third-order valence-corrected chi connectivity index (χ3v) is 3.30. The van der Waals surface area contributed by atoms with Crippen LogP contribution in [-0.4, -0.2) is 11.7 Å². The van der Waals surface area contributed by atoms with E-state index < -0.39 is 0 Å². The molecule has 0 fully saturated rings. The van der Waals surface area contributed by atoms with Crippen molar-refractivity contribution in [2.24, 2.45) is 0 Å². The van der Waals surface area contributed by atoms with Crippen LogP contribution in [0, 0.1) is 18.8 Å². The van der Waals surface area contributed by atoms with Crippen LogP contribution in [0.3, 0.4) is 0 Å². The first kappa shape index (κ1) is 15.8. The number of allylic oxidation sites excluding steroid dienone is 2. The molecule has 0 bridgehead atoms. The van der Waals surface area contributed by atoms with Crippen LogP contribution in [0.5, 0.6) is 0 Å². The van der Waals surface area contributed by atoms with E-state index in [0.717, 1.165) is 22.3 Å². The maximum Gasteiger partial charge on any atom is 0.0465 e. The van der Waals surface area contributed by atoms with Crippen molar-refractivity contribution in [3.05, 3.63) is 89.5 Å². The standard InChI is InChI=1S/C21H20O/c1-17-10-14-20(15-11-17)21(9-6-16-22)18(2)12-13-19-7-4-3-5-8-19/h3-5,7-11,14-15,22H,2,6,16H2,1H3/b21-9+. The summed E-state index contributed by atoms with van der Waals surface area (Å²) in [4.78, 5) is 0. The number of aryl methyl sites for hydroxylation is 1. The number of hydrogen-bond donors (Lipinski definition) is 1. The van der Waals surface area contributed by atoms with E-state index in [4.69, 9.17) is 5.11 Å². The van der Waals surface area contributed by atoms with Gasteiger partial charge in [0.15, 0.2) is 0 Å². The van der Waals surface area contributed by atoms with E-state index >= 15 is 0 Å². The van der Waals surface area contributed by atoms with Crippen LogP contribution in [0.1, 0.15) is 23.1 Å². The van der Waals surface area contributed by atoms with Gasteiger partial charge in [0.05, 0.1) is 0 Å². The molecule has 22 heavy (non-hydrogen) atoms. The lowest BCUT2D eigenvalue weighted by Crippen LogP contribution is -1.90. The van der Waals surface area contributed by atoms with Crippen LogP contribution in [-0.2, 0) is 0 Å². The summed E-state index contributed by atoms with van der Waals surface area (Å²) in [5, 5.41) is 9.09. The molecule has 0 radical (unpaired) electrons. The minimum absolute atomic E-state index is 0.120. The molecule has 0 aliphatic carbocycles. The number of hydrogen-bond acceptors (Lipinski definition) is 1. The Labute approximate surface area is 132 Å². The molecule has 2 aromatic carbocycles. The quantitative estimate of drug-likeness (QED) is 0.654. The molecule has 0 aliphatic rings. The predicted octanol–water partition coefficient (Wildman–Crippen LogP) is 4.37. The fourth-order valence-corrected chi connectivity index (χ4v) is 2.09. The van der Waals surface area contributed by atoms with Crippen molar-refractivity contribution in [2.45, 2.75) is 13.3 Å². The van der Waals surface area contributed by atoms with Gasteiger partial charge in [-0.15, -0.1) is 0 Å². The van der Waals surface area contributed by atoms with Crippen molar-refractivity contribution in [2.75, 3.05) is 6.61 Å². The summed E-state index contributed by atoms with van der Waals surface area (Å²) >= 11 is 0. The van der Waals surface area contributed by atoms with Crippen molar-refractivity contribution in [3.8, 4) is 11.8 Å². The van der Waals surface area contributed by atoms with Gasteiger partial charge in [0, 0.05) is 17.7 Å². The summed E-state index contributed by atoms with van der Waals surface area (Å²) in [5.74, 6) is 6.26. The average Bonchev–Trinajstić information content (AvgIpc) is 2.56. The molecule has 1 nitrogen and oxygen atoms in total.